The topological polar surface area (TPSA) is 86.5 Å². The Morgan fingerprint density at radius 2 is 1.93 bits per heavy atom. The minimum absolute atomic E-state index is 0.0459. The smallest absolute Gasteiger partial charge is 0.419 e. The number of hydrogen-bond donors (Lipinski definition) is 1. The van der Waals surface area contributed by atoms with E-state index in [1.54, 1.807) is 11.0 Å². The first-order valence-corrected chi connectivity index (χ1v) is 19.5. The largest absolute Gasteiger partial charge is 0.462 e. The van der Waals surface area contributed by atoms with Crippen LogP contribution in [-0.2, 0) is 23.6 Å². The molecule has 0 aliphatic carbocycles. The minimum Gasteiger partial charge on any atom is -0.462 e. The minimum atomic E-state index is -4.59. The molecule has 0 amide bonds. The molecule has 46 heavy (non-hydrogen) atoms. The number of anilines is 1. The molecule has 5 rings (SSSR count). The van der Waals surface area contributed by atoms with Crippen LogP contribution in [0.15, 0.2) is 18.2 Å². The number of likely N-dealkylation sites (N-methyl/N-ethyl adjacent to an activating group) is 1. The number of nitriles is 1. The standard InChI is InChI=1S/C33H46ClF3N6O2Si/c1-32(2,3)46(5,6)45-24-17-23(42(4)18-24)20-44-31-40-27-19-43(28-9-7-8-26(34)29(28)33(35,36)37)15-12-25(27)30(41-31)21-11-14-39-22(16-21)10-13-38/h7-9,21-24,39H,10-12,14-20H2,1-6H3/t21?,22-,23-,24?/m0/s1. The van der Waals surface area contributed by atoms with Gasteiger partial charge in [0.25, 0.3) is 0 Å². The van der Waals surface area contributed by atoms with E-state index < -0.39 is 20.1 Å². The SMILES string of the molecule is CN1CC(O[Si](C)(C)C(C)(C)C)C[C@H]1COc1nc2c(c(C3CCN[C@@H](CC#N)C3)n1)CCN(c1cccc(Cl)c1C(F)(F)F)C2. The van der Waals surface area contributed by atoms with Crippen molar-refractivity contribution < 1.29 is 22.3 Å². The van der Waals surface area contributed by atoms with E-state index >= 15 is 0 Å². The first kappa shape index (κ1) is 34.9. The molecule has 2 aromatic rings. The Hall–Kier alpha value is -2.43. The Balaban J connectivity index is 1.40. The van der Waals surface area contributed by atoms with Crippen molar-refractivity contribution in [3.8, 4) is 12.1 Å². The zero-order valence-electron chi connectivity index (χ0n) is 27.7. The number of halogens is 4. The maximum absolute atomic E-state index is 14.1. The highest BCUT2D eigenvalue weighted by Gasteiger charge is 2.42. The van der Waals surface area contributed by atoms with Gasteiger partial charge in [-0.05, 0) is 75.1 Å². The van der Waals surface area contributed by atoms with Gasteiger partial charge >= 0.3 is 12.2 Å². The van der Waals surface area contributed by atoms with Crippen molar-refractivity contribution in [1.82, 2.24) is 20.2 Å². The van der Waals surface area contributed by atoms with Gasteiger partial charge in [-0.2, -0.15) is 28.4 Å². The number of ether oxygens (including phenoxy) is 1. The van der Waals surface area contributed by atoms with Crippen molar-refractivity contribution in [2.75, 3.05) is 38.2 Å². The molecular weight excluding hydrogens is 633 g/mol. The molecule has 252 valence electrons. The molecule has 1 aromatic carbocycles. The zero-order chi connectivity index (χ0) is 33.4. The molecule has 2 saturated heterocycles. The van der Waals surface area contributed by atoms with E-state index in [0.29, 0.717) is 31.7 Å². The number of nitrogens with zero attached hydrogens (tertiary/aromatic N) is 5. The number of alkyl halides is 3. The average Bonchev–Trinajstić information content (AvgIpc) is 3.32. The molecule has 0 saturated carbocycles. The van der Waals surface area contributed by atoms with E-state index in [1.165, 1.54) is 12.1 Å². The summed E-state index contributed by atoms with van der Waals surface area (Å²) >= 11 is 6.08. The van der Waals surface area contributed by atoms with Gasteiger partial charge in [0.15, 0.2) is 8.32 Å². The molecule has 0 radical (unpaired) electrons. The van der Waals surface area contributed by atoms with Crippen molar-refractivity contribution >= 4 is 25.6 Å². The van der Waals surface area contributed by atoms with E-state index in [9.17, 15) is 18.4 Å². The van der Waals surface area contributed by atoms with Crippen molar-refractivity contribution in [3.63, 3.8) is 0 Å². The second-order valence-electron chi connectivity index (χ2n) is 14.5. The molecule has 2 fully saturated rings. The first-order chi connectivity index (χ1) is 21.6. The Morgan fingerprint density at radius 1 is 1.17 bits per heavy atom. The van der Waals surface area contributed by atoms with Gasteiger partial charge in [0, 0.05) is 31.1 Å². The van der Waals surface area contributed by atoms with E-state index in [2.05, 4.69) is 57.2 Å². The zero-order valence-corrected chi connectivity index (χ0v) is 29.4. The van der Waals surface area contributed by atoms with Crippen LogP contribution in [0, 0.1) is 11.3 Å². The quantitative estimate of drug-likeness (QED) is 0.301. The van der Waals surface area contributed by atoms with E-state index in [4.69, 9.17) is 30.7 Å². The average molecular weight is 679 g/mol. The summed E-state index contributed by atoms with van der Waals surface area (Å²) in [5.41, 5.74) is 1.76. The lowest BCUT2D eigenvalue weighted by Crippen LogP contribution is -2.44. The van der Waals surface area contributed by atoms with Crippen LogP contribution in [-0.4, -0.2) is 74.7 Å². The van der Waals surface area contributed by atoms with Crippen LogP contribution >= 0.6 is 11.6 Å². The number of hydrogen-bond acceptors (Lipinski definition) is 8. The van der Waals surface area contributed by atoms with E-state index in [-0.39, 0.29) is 52.4 Å². The van der Waals surface area contributed by atoms with Gasteiger partial charge in [-0.1, -0.05) is 38.4 Å². The van der Waals surface area contributed by atoms with Crippen LogP contribution in [0.1, 0.15) is 74.9 Å². The lowest BCUT2D eigenvalue weighted by molar-refractivity contribution is -0.137. The molecule has 4 heterocycles. The van der Waals surface area contributed by atoms with Gasteiger partial charge in [-0.25, -0.2) is 0 Å². The maximum Gasteiger partial charge on any atom is 0.419 e. The monoisotopic (exact) mass is 678 g/mol. The second kappa shape index (κ2) is 13.6. The summed E-state index contributed by atoms with van der Waals surface area (Å²) in [6, 6.07) is 6.98. The van der Waals surface area contributed by atoms with Crippen LogP contribution in [0.5, 0.6) is 6.01 Å². The number of aromatic nitrogens is 2. The van der Waals surface area contributed by atoms with E-state index in [1.807, 2.05) is 0 Å². The number of rotatable bonds is 8. The lowest BCUT2D eigenvalue weighted by atomic mass is 9.84. The summed E-state index contributed by atoms with van der Waals surface area (Å²) in [5.74, 6) is 0.0960. The third kappa shape index (κ3) is 7.65. The molecule has 3 aliphatic rings. The molecule has 8 nitrogen and oxygen atoms in total. The summed E-state index contributed by atoms with van der Waals surface area (Å²) in [4.78, 5) is 13.7. The fourth-order valence-electron chi connectivity index (χ4n) is 6.69. The maximum atomic E-state index is 14.1. The Labute approximate surface area is 276 Å². The van der Waals surface area contributed by atoms with Crippen LogP contribution in [0.3, 0.4) is 0 Å². The van der Waals surface area contributed by atoms with Crippen LogP contribution in [0.4, 0.5) is 18.9 Å². The highest BCUT2D eigenvalue weighted by Crippen LogP contribution is 2.43. The summed E-state index contributed by atoms with van der Waals surface area (Å²) in [6.07, 6.45) is -1.12. The summed E-state index contributed by atoms with van der Waals surface area (Å²) in [5, 5.41) is 12.5. The van der Waals surface area contributed by atoms with Crippen molar-refractivity contribution in [2.24, 2.45) is 0 Å². The van der Waals surface area contributed by atoms with Gasteiger partial charge in [0.05, 0.1) is 52.8 Å². The number of nitrogens with one attached hydrogen (secondary N) is 1. The van der Waals surface area contributed by atoms with E-state index in [0.717, 1.165) is 43.6 Å². The predicted molar refractivity (Wildman–Crippen MR) is 176 cm³/mol. The second-order valence-corrected chi connectivity index (χ2v) is 19.7. The summed E-state index contributed by atoms with van der Waals surface area (Å²) in [7, 11) is 0.151. The molecule has 13 heteroatoms. The third-order valence-corrected chi connectivity index (χ3v) is 15.1. The summed E-state index contributed by atoms with van der Waals surface area (Å²) in [6.45, 7) is 13.8. The van der Waals surface area contributed by atoms with Gasteiger partial charge in [0.2, 0.25) is 0 Å². The van der Waals surface area contributed by atoms with Gasteiger partial charge < -0.3 is 19.4 Å². The van der Waals surface area contributed by atoms with Crippen LogP contribution < -0.4 is 15.0 Å². The van der Waals surface area contributed by atoms with Crippen LogP contribution in [0.2, 0.25) is 23.2 Å². The number of benzene rings is 1. The third-order valence-electron chi connectivity index (χ3n) is 10.2. The number of likely N-dealkylation sites (tertiary alicyclic amines) is 1. The molecule has 1 N–H and O–H groups in total. The Kier molecular flexibility index (Phi) is 10.3. The fraction of sp³-hybridized carbons (Fsp3) is 0.667. The lowest BCUT2D eigenvalue weighted by Gasteiger charge is -2.38. The van der Waals surface area contributed by atoms with Gasteiger partial charge in [-0.15, -0.1) is 0 Å². The van der Waals surface area contributed by atoms with Gasteiger partial charge in [-0.3, -0.25) is 4.90 Å². The molecule has 0 bridgehead atoms. The summed E-state index contributed by atoms with van der Waals surface area (Å²) < 4.78 is 55.3. The van der Waals surface area contributed by atoms with Crippen molar-refractivity contribution in [1.29, 1.82) is 5.26 Å². The number of fused-ring (bicyclic) bond motifs is 1. The Morgan fingerprint density at radius 3 is 2.63 bits per heavy atom. The van der Waals surface area contributed by atoms with Crippen molar-refractivity contribution in [2.45, 2.75) is 108 Å². The van der Waals surface area contributed by atoms with Crippen LogP contribution in [0.25, 0.3) is 0 Å². The predicted octanol–water partition coefficient (Wildman–Crippen LogP) is 6.93. The molecule has 2 unspecified atom stereocenters. The molecule has 1 aromatic heterocycles. The number of piperidine rings is 1. The van der Waals surface area contributed by atoms with Gasteiger partial charge in [0.1, 0.15) is 6.61 Å². The molecule has 3 aliphatic heterocycles. The normalized spacial score (nSPS) is 24.5. The van der Waals surface area contributed by atoms with Crippen molar-refractivity contribution in [3.05, 3.63) is 45.7 Å². The highest BCUT2D eigenvalue weighted by molar-refractivity contribution is 6.74. The molecule has 4 atom stereocenters. The first-order valence-electron chi connectivity index (χ1n) is 16.2. The Bertz CT molecular complexity index is 1450. The molecule has 0 spiro atoms. The fourth-order valence-corrected chi connectivity index (χ4v) is 8.33. The molecular formula is C33H46ClF3N6O2Si. The highest BCUT2D eigenvalue weighted by atomic mass is 35.5.